The van der Waals surface area contributed by atoms with Gasteiger partial charge < -0.3 is 16.2 Å². The number of amides is 4. The van der Waals surface area contributed by atoms with Gasteiger partial charge >= 0.3 is 0 Å². The van der Waals surface area contributed by atoms with Crippen molar-refractivity contribution < 1.29 is 24.3 Å². The zero-order valence-corrected chi connectivity index (χ0v) is 8.67. The summed E-state index contributed by atoms with van der Waals surface area (Å²) in [7, 11) is 0. The Balaban J connectivity index is 0.000000318. The van der Waals surface area contributed by atoms with E-state index in [0.29, 0.717) is 0 Å². The van der Waals surface area contributed by atoms with Crippen LogP contribution >= 0.6 is 0 Å². The number of nitrogens with two attached hydrogens (primary N) is 1. The van der Waals surface area contributed by atoms with Crippen molar-refractivity contribution in [3.05, 3.63) is 24.3 Å². The van der Waals surface area contributed by atoms with Crippen LogP contribution in [0.5, 0.6) is 0 Å². The molecule has 0 spiro atoms. The summed E-state index contributed by atoms with van der Waals surface area (Å²) in [5.41, 5.74) is 4.67. The average Bonchev–Trinajstić information content (AvgIpc) is 2.61. The largest absolute Gasteiger partial charge is 0.376 e. The van der Waals surface area contributed by atoms with E-state index in [0.717, 1.165) is 12.2 Å². The predicted molar refractivity (Wildman–Crippen MR) is 55.9 cm³/mol. The van der Waals surface area contributed by atoms with Crippen LogP contribution in [-0.4, -0.2) is 35.5 Å². The third-order valence-electron chi connectivity index (χ3n) is 1.28. The van der Waals surface area contributed by atoms with Crippen molar-refractivity contribution in [3.8, 4) is 0 Å². The molecule has 1 aliphatic rings. The fourth-order valence-corrected chi connectivity index (χ4v) is 0.651. The molecule has 0 aromatic heterocycles. The standard InChI is InChI=1S/C5H8N2O3.C4H3NO2/c6-4(9)1-2-5(10)7-3-8;6-3-1-2-4(7)5-3/h1-2,8H,3H2,(H2,6,9)(H,7,10);1-2H,(H,5,6,7)/b2-1-;. The fourth-order valence-electron chi connectivity index (χ4n) is 0.651. The molecule has 0 aliphatic carbocycles. The second-order valence-electron chi connectivity index (χ2n) is 2.62. The van der Waals surface area contributed by atoms with Crippen LogP contribution in [0, 0.1) is 0 Å². The van der Waals surface area contributed by atoms with E-state index in [1.807, 2.05) is 10.6 Å². The third kappa shape index (κ3) is 8.51. The van der Waals surface area contributed by atoms with E-state index in [1.165, 1.54) is 12.2 Å². The van der Waals surface area contributed by atoms with Crippen LogP contribution in [-0.2, 0) is 19.2 Å². The maximum absolute atomic E-state index is 10.4. The van der Waals surface area contributed by atoms with Gasteiger partial charge in [0.1, 0.15) is 6.73 Å². The Morgan fingerprint density at radius 3 is 2.12 bits per heavy atom. The lowest BCUT2D eigenvalue weighted by Crippen LogP contribution is -2.22. The smallest absolute Gasteiger partial charge is 0.250 e. The first kappa shape index (κ1) is 14.5. The third-order valence-corrected chi connectivity index (χ3v) is 1.28. The molecule has 4 amide bonds. The monoisotopic (exact) mass is 241 g/mol. The van der Waals surface area contributed by atoms with Crippen LogP contribution in [0.3, 0.4) is 0 Å². The topological polar surface area (TPSA) is 139 Å². The molecular weight excluding hydrogens is 230 g/mol. The van der Waals surface area contributed by atoms with E-state index in [-0.39, 0.29) is 11.8 Å². The first-order valence-electron chi connectivity index (χ1n) is 4.35. The number of hydrogen-bond donors (Lipinski definition) is 4. The maximum Gasteiger partial charge on any atom is 0.250 e. The van der Waals surface area contributed by atoms with Crippen molar-refractivity contribution in [2.75, 3.05) is 6.73 Å². The Morgan fingerprint density at radius 2 is 1.82 bits per heavy atom. The normalized spacial score (nSPS) is 13.0. The minimum Gasteiger partial charge on any atom is -0.376 e. The van der Waals surface area contributed by atoms with Crippen LogP contribution in [0.15, 0.2) is 24.3 Å². The summed E-state index contributed by atoms with van der Waals surface area (Å²) in [4.78, 5) is 40.5. The van der Waals surface area contributed by atoms with Crippen LogP contribution in [0.4, 0.5) is 0 Å². The molecule has 0 fully saturated rings. The van der Waals surface area contributed by atoms with Crippen LogP contribution in [0.25, 0.3) is 0 Å². The maximum atomic E-state index is 10.4. The Labute approximate surface area is 96.2 Å². The molecule has 5 N–H and O–H groups in total. The lowest BCUT2D eigenvalue weighted by Gasteiger charge is -1.91. The van der Waals surface area contributed by atoms with E-state index in [1.54, 1.807) is 0 Å². The van der Waals surface area contributed by atoms with Gasteiger partial charge in [-0.1, -0.05) is 0 Å². The number of hydrogen-bond acceptors (Lipinski definition) is 5. The molecular formula is C9H11N3O5. The van der Waals surface area contributed by atoms with Gasteiger partial charge in [0.15, 0.2) is 0 Å². The highest BCUT2D eigenvalue weighted by molar-refractivity contribution is 6.12. The number of aliphatic hydroxyl groups excluding tert-OH is 1. The molecule has 1 rings (SSSR count). The number of aliphatic hydroxyl groups is 1. The molecule has 8 nitrogen and oxygen atoms in total. The summed E-state index contributed by atoms with van der Waals surface area (Å²) in [6.45, 7) is -0.456. The summed E-state index contributed by atoms with van der Waals surface area (Å²) < 4.78 is 0. The SMILES string of the molecule is NC(=O)/C=C\C(=O)NCO.O=C1C=CC(=O)N1. The van der Waals surface area contributed by atoms with Gasteiger partial charge in [0.05, 0.1) is 0 Å². The first-order chi connectivity index (χ1) is 7.95. The molecule has 0 unspecified atom stereocenters. The second kappa shape index (κ2) is 7.77. The molecule has 0 aromatic rings. The molecule has 0 saturated heterocycles. The number of imide groups is 1. The van der Waals surface area contributed by atoms with Crippen LogP contribution < -0.4 is 16.4 Å². The van der Waals surface area contributed by atoms with Crippen molar-refractivity contribution >= 4 is 23.6 Å². The quantitative estimate of drug-likeness (QED) is 0.242. The predicted octanol–water partition coefficient (Wildman–Crippen LogP) is -2.71. The van der Waals surface area contributed by atoms with Crippen molar-refractivity contribution in [2.45, 2.75) is 0 Å². The van der Waals surface area contributed by atoms with Gasteiger partial charge in [0.2, 0.25) is 11.8 Å². The first-order valence-corrected chi connectivity index (χ1v) is 4.35. The van der Waals surface area contributed by atoms with Gasteiger partial charge in [0.25, 0.3) is 11.8 Å². The van der Waals surface area contributed by atoms with Crippen molar-refractivity contribution in [2.24, 2.45) is 5.73 Å². The van der Waals surface area contributed by atoms with E-state index in [9.17, 15) is 19.2 Å². The van der Waals surface area contributed by atoms with Gasteiger partial charge in [-0.25, -0.2) is 0 Å². The van der Waals surface area contributed by atoms with Crippen molar-refractivity contribution in [3.63, 3.8) is 0 Å². The molecule has 17 heavy (non-hydrogen) atoms. The molecule has 0 atom stereocenters. The molecule has 92 valence electrons. The zero-order chi connectivity index (χ0) is 13.3. The Hall–Kier alpha value is -2.48. The van der Waals surface area contributed by atoms with E-state index >= 15 is 0 Å². The number of rotatable bonds is 3. The highest BCUT2D eigenvalue weighted by Gasteiger charge is 2.06. The number of carbonyl (C=O) groups excluding carboxylic acids is 4. The van der Waals surface area contributed by atoms with Crippen molar-refractivity contribution in [1.82, 2.24) is 10.6 Å². The van der Waals surface area contributed by atoms with Gasteiger partial charge in [0, 0.05) is 24.3 Å². The molecule has 0 aromatic carbocycles. The van der Waals surface area contributed by atoms with Gasteiger partial charge in [-0.3, -0.25) is 24.5 Å². The Morgan fingerprint density at radius 1 is 1.29 bits per heavy atom. The van der Waals surface area contributed by atoms with Crippen LogP contribution in [0.1, 0.15) is 0 Å². The zero-order valence-electron chi connectivity index (χ0n) is 8.67. The fraction of sp³-hybridized carbons (Fsp3) is 0.111. The number of primary amides is 1. The van der Waals surface area contributed by atoms with E-state index in [4.69, 9.17) is 5.11 Å². The lowest BCUT2D eigenvalue weighted by atomic mass is 10.4. The van der Waals surface area contributed by atoms with E-state index in [2.05, 4.69) is 5.73 Å². The minimum absolute atomic E-state index is 0.329. The molecule has 0 saturated carbocycles. The summed E-state index contributed by atoms with van der Waals surface area (Å²) in [5.74, 6) is -1.91. The highest BCUT2D eigenvalue weighted by Crippen LogP contribution is 1.82. The highest BCUT2D eigenvalue weighted by atomic mass is 16.3. The molecule has 1 heterocycles. The van der Waals surface area contributed by atoms with Gasteiger partial charge in [-0.15, -0.1) is 0 Å². The van der Waals surface area contributed by atoms with Crippen LogP contribution in [0.2, 0.25) is 0 Å². The summed E-state index contributed by atoms with van der Waals surface area (Å²) >= 11 is 0. The molecule has 0 radical (unpaired) electrons. The average molecular weight is 241 g/mol. The summed E-state index contributed by atoms with van der Waals surface area (Å²) in [6, 6.07) is 0. The molecule has 0 bridgehead atoms. The summed E-state index contributed by atoms with van der Waals surface area (Å²) in [5, 5.41) is 12.2. The molecule has 8 heteroatoms. The Bertz CT molecular complexity index is 370. The number of carbonyl (C=O) groups is 4. The number of nitrogens with one attached hydrogen (secondary N) is 2. The Kier molecular flexibility index (Phi) is 6.63. The molecule has 1 aliphatic heterocycles. The summed E-state index contributed by atoms with van der Waals surface area (Å²) in [6.07, 6.45) is 4.24. The van der Waals surface area contributed by atoms with E-state index < -0.39 is 18.5 Å². The second-order valence-corrected chi connectivity index (χ2v) is 2.62. The minimum atomic E-state index is -0.701. The van der Waals surface area contributed by atoms with Gasteiger partial charge in [-0.05, 0) is 0 Å². The van der Waals surface area contributed by atoms with Gasteiger partial charge in [-0.2, -0.15) is 0 Å². The van der Waals surface area contributed by atoms with Crippen molar-refractivity contribution in [1.29, 1.82) is 0 Å². The lowest BCUT2D eigenvalue weighted by molar-refractivity contribution is -0.123.